The molecule has 3 rings (SSSR count). The van der Waals surface area contributed by atoms with Crippen molar-refractivity contribution in [3.8, 4) is 16.9 Å². The Hall–Kier alpha value is -2.85. The number of hydrogen-bond donors (Lipinski definition) is 2. The van der Waals surface area contributed by atoms with Crippen molar-refractivity contribution in [1.82, 2.24) is 4.98 Å². The standard InChI is InChI=1S/C21H20ClN3O/c1-14(23)20-11-17(16-4-3-5-18(22)10-16)13-25-21(20)24-12-15-6-8-19(26-2)9-7-15/h3-11,13,23H,12H2,1-2H3,(H,24,25). The van der Waals surface area contributed by atoms with E-state index in [1.54, 1.807) is 20.2 Å². The predicted octanol–water partition coefficient (Wildman–Crippen LogP) is 5.41. The fraction of sp³-hybridized carbons (Fsp3) is 0.143. The third kappa shape index (κ3) is 4.21. The van der Waals surface area contributed by atoms with Gasteiger partial charge in [0, 0.05) is 34.6 Å². The number of nitrogens with zero attached hydrogens (tertiary/aromatic N) is 1. The number of rotatable bonds is 6. The highest BCUT2D eigenvalue weighted by molar-refractivity contribution is 6.30. The summed E-state index contributed by atoms with van der Waals surface area (Å²) in [6.07, 6.45) is 1.80. The van der Waals surface area contributed by atoms with E-state index in [-0.39, 0.29) is 0 Å². The minimum Gasteiger partial charge on any atom is -0.497 e. The first-order valence-corrected chi connectivity index (χ1v) is 8.63. The van der Waals surface area contributed by atoms with Crippen LogP contribution in [0.15, 0.2) is 60.8 Å². The first kappa shape index (κ1) is 18.0. The summed E-state index contributed by atoms with van der Waals surface area (Å²) < 4.78 is 5.18. The molecule has 0 aliphatic heterocycles. The smallest absolute Gasteiger partial charge is 0.135 e. The summed E-state index contributed by atoms with van der Waals surface area (Å²) in [4.78, 5) is 4.54. The normalized spacial score (nSPS) is 10.4. The van der Waals surface area contributed by atoms with E-state index >= 15 is 0 Å². The van der Waals surface area contributed by atoms with Crippen LogP contribution in [0.4, 0.5) is 5.82 Å². The lowest BCUT2D eigenvalue weighted by Crippen LogP contribution is -2.07. The molecular weight excluding hydrogens is 346 g/mol. The number of hydrogen-bond acceptors (Lipinski definition) is 4. The van der Waals surface area contributed by atoms with E-state index in [4.69, 9.17) is 21.7 Å². The van der Waals surface area contributed by atoms with Crippen molar-refractivity contribution in [2.45, 2.75) is 13.5 Å². The molecule has 3 aromatic rings. The molecule has 0 atom stereocenters. The van der Waals surface area contributed by atoms with Crippen molar-refractivity contribution in [2.75, 3.05) is 12.4 Å². The first-order valence-electron chi connectivity index (χ1n) is 8.25. The van der Waals surface area contributed by atoms with E-state index < -0.39 is 0 Å². The van der Waals surface area contributed by atoms with Gasteiger partial charge in [-0.1, -0.05) is 35.9 Å². The molecule has 0 spiro atoms. The number of nitrogens with one attached hydrogen (secondary N) is 2. The number of pyridine rings is 1. The number of benzene rings is 2. The molecule has 1 aromatic heterocycles. The van der Waals surface area contributed by atoms with Crippen molar-refractivity contribution in [3.05, 3.63) is 76.9 Å². The SMILES string of the molecule is COc1ccc(CNc2ncc(-c3cccc(Cl)c3)cc2C(C)=N)cc1. The molecule has 0 bridgehead atoms. The van der Waals surface area contributed by atoms with Gasteiger partial charge in [0.1, 0.15) is 11.6 Å². The topological polar surface area (TPSA) is 58.0 Å². The van der Waals surface area contributed by atoms with Crippen LogP contribution in [0.3, 0.4) is 0 Å². The predicted molar refractivity (Wildman–Crippen MR) is 108 cm³/mol. The van der Waals surface area contributed by atoms with Crippen LogP contribution in [0.1, 0.15) is 18.1 Å². The summed E-state index contributed by atoms with van der Waals surface area (Å²) >= 11 is 6.08. The van der Waals surface area contributed by atoms with Gasteiger partial charge < -0.3 is 15.5 Å². The molecule has 26 heavy (non-hydrogen) atoms. The monoisotopic (exact) mass is 365 g/mol. The van der Waals surface area contributed by atoms with Crippen LogP contribution in [0.5, 0.6) is 5.75 Å². The number of halogens is 1. The van der Waals surface area contributed by atoms with Crippen molar-refractivity contribution in [2.24, 2.45) is 0 Å². The highest BCUT2D eigenvalue weighted by atomic mass is 35.5. The Morgan fingerprint density at radius 2 is 1.88 bits per heavy atom. The highest BCUT2D eigenvalue weighted by Gasteiger charge is 2.09. The summed E-state index contributed by atoms with van der Waals surface area (Å²) in [5, 5.41) is 12.1. The van der Waals surface area contributed by atoms with Crippen LogP contribution in [-0.4, -0.2) is 17.8 Å². The number of ether oxygens (including phenoxy) is 1. The van der Waals surface area contributed by atoms with E-state index in [0.717, 1.165) is 28.0 Å². The van der Waals surface area contributed by atoms with Crippen LogP contribution in [-0.2, 0) is 6.54 Å². The van der Waals surface area contributed by atoms with Gasteiger partial charge in [-0.3, -0.25) is 0 Å². The van der Waals surface area contributed by atoms with E-state index in [2.05, 4.69) is 10.3 Å². The average molecular weight is 366 g/mol. The highest BCUT2D eigenvalue weighted by Crippen LogP contribution is 2.26. The third-order valence-corrected chi connectivity index (χ3v) is 4.30. The summed E-state index contributed by atoms with van der Waals surface area (Å²) in [7, 11) is 1.65. The Balaban J connectivity index is 1.83. The Kier molecular flexibility index (Phi) is 5.54. The Morgan fingerprint density at radius 3 is 2.54 bits per heavy atom. The molecule has 0 amide bonds. The van der Waals surface area contributed by atoms with Crippen LogP contribution in [0.25, 0.3) is 11.1 Å². The van der Waals surface area contributed by atoms with Gasteiger partial charge in [0.25, 0.3) is 0 Å². The molecule has 0 unspecified atom stereocenters. The second-order valence-electron chi connectivity index (χ2n) is 5.96. The molecular formula is C21H20ClN3O. The van der Waals surface area contributed by atoms with Gasteiger partial charge in [-0.05, 0) is 48.4 Å². The van der Waals surface area contributed by atoms with Gasteiger partial charge in [-0.2, -0.15) is 0 Å². The maximum absolute atomic E-state index is 8.09. The van der Waals surface area contributed by atoms with E-state index in [1.165, 1.54) is 0 Å². The molecule has 5 heteroatoms. The Bertz CT molecular complexity index is 923. The number of anilines is 1. The average Bonchev–Trinajstić information content (AvgIpc) is 2.66. The fourth-order valence-corrected chi connectivity index (χ4v) is 2.84. The molecule has 132 valence electrons. The molecule has 2 N–H and O–H groups in total. The molecule has 0 aliphatic carbocycles. The quantitative estimate of drug-likeness (QED) is 0.574. The van der Waals surface area contributed by atoms with E-state index in [9.17, 15) is 0 Å². The van der Waals surface area contributed by atoms with Gasteiger partial charge in [0.15, 0.2) is 0 Å². The molecule has 0 radical (unpaired) electrons. The first-order chi connectivity index (χ1) is 12.6. The van der Waals surface area contributed by atoms with Crippen LogP contribution >= 0.6 is 11.6 Å². The zero-order valence-corrected chi connectivity index (χ0v) is 15.5. The lowest BCUT2D eigenvalue weighted by molar-refractivity contribution is 0.414. The Morgan fingerprint density at radius 1 is 1.12 bits per heavy atom. The van der Waals surface area contributed by atoms with Gasteiger partial charge in [-0.25, -0.2) is 4.98 Å². The largest absolute Gasteiger partial charge is 0.497 e. The lowest BCUT2D eigenvalue weighted by atomic mass is 10.0. The van der Waals surface area contributed by atoms with E-state index in [0.29, 0.717) is 23.1 Å². The van der Waals surface area contributed by atoms with Crippen LogP contribution in [0, 0.1) is 5.41 Å². The number of aromatic nitrogens is 1. The maximum Gasteiger partial charge on any atom is 0.135 e. The summed E-state index contributed by atoms with van der Waals surface area (Å²) in [6, 6.07) is 17.5. The summed E-state index contributed by atoms with van der Waals surface area (Å²) in [6.45, 7) is 2.38. The van der Waals surface area contributed by atoms with Gasteiger partial charge >= 0.3 is 0 Å². The zero-order valence-electron chi connectivity index (χ0n) is 14.7. The molecule has 0 fully saturated rings. The summed E-state index contributed by atoms with van der Waals surface area (Å²) in [5.41, 5.74) is 4.26. The molecule has 2 aromatic carbocycles. The zero-order chi connectivity index (χ0) is 18.5. The minimum absolute atomic E-state index is 0.457. The summed E-state index contributed by atoms with van der Waals surface area (Å²) in [5.74, 6) is 1.52. The molecule has 0 aliphatic rings. The maximum atomic E-state index is 8.09. The molecule has 0 saturated heterocycles. The molecule has 1 heterocycles. The number of methoxy groups -OCH3 is 1. The van der Waals surface area contributed by atoms with Gasteiger partial charge in [0.2, 0.25) is 0 Å². The van der Waals surface area contributed by atoms with Crippen LogP contribution in [0.2, 0.25) is 5.02 Å². The lowest BCUT2D eigenvalue weighted by Gasteiger charge is -2.13. The van der Waals surface area contributed by atoms with Crippen molar-refractivity contribution in [1.29, 1.82) is 5.41 Å². The van der Waals surface area contributed by atoms with Crippen molar-refractivity contribution in [3.63, 3.8) is 0 Å². The minimum atomic E-state index is 0.457. The van der Waals surface area contributed by atoms with Gasteiger partial charge in [0.05, 0.1) is 7.11 Å². The second kappa shape index (κ2) is 8.02. The molecule has 4 nitrogen and oxygen atoms in total. The third-order valence-electron chi connectivity index (χ3n) is 4.07. The van der Waals surface area contributed by atoms with Crippen molar-refractivity contribution < 1.29 is 4.74 Å². The van der Waals surface area contributed by atoms with Crippen molar-refractivity contribution >= 4 is 23.1 Å². The Labute approximate surface area is 158 Å². The van der Waals surface area contributed by atoms with Gasteiger partial charge in [-0.15, -0.1) is 0 Å². The fourth-order valence-electron chi connectivity index (χ4n) is 2.65. The molecule has 0 saturated carbocycles. The van der Waals surface area contributed by atoms with E-state index in [1.807, 2.05) is 54.6 Å². The van der Waals surface area contributed by atoms with Crippen LogP contribution < -0.4 is 10.1 Å². The second-order valence-corrected chi connectivity index (χ2v) is 6.39.